The molecular formula is C9H7F3N4. The van der Waals surface area contributed by atoms with Crippen LogP contribution in [0.1, 0.15) is 5.56 Å². The van der Waals surface area contributed by atoms with Crippen LogP contribution in [0.2, 0.25) is 0 Å². The predicted octanol–water partition coefficient (Wildman–Crippen LogP) is 1.80. The summed E-state index contributed by atoms with van der Waals surface area (Å²) in [5, 5.41) is 7.23. The Morgan fingerprint density at radius 2 is 2.06 bits per heavy atom. The van der Waals surface area contributed by atoms with E-state index in [-0.39, 0.29) is 27.0 Å². The summed E-state index contributed by atoms with van der Waals surface area (Å²) in [5.41, 5.74) is 5.41. The van der Waals surface area contributed by atoms with Gasteiger partial charge in [0.25, 0.3) is 0 Å². The Bertz CT molecular complexity index is 555. The summed E-state index contributed by atoms with van der Waals surface area (Å²) < 4.78 is 37.7. The topological polar surface area (TPSA) is 67.7 Å². The highest BCUT2D eigenvalue weighted by Crippen LogP contribution is 2.28. The number of amidine groups is 1. The maximum Gasteiger partial charge on any atom is 0.490 e. The molecule has 2 aromatic rings. The van der Waals surface area contributed by atoms with Gasteiger partial charge in [0.05, 0.1) is 11.0 Å². The molecule has 0 aliphatic rings. The van der Waals surface area contributed by atoms with Crippen LogP contribution in [0.3, 0.4) is 0 Å². The van der Waals surface area contributed by atoms with Crippen LogP contribution < -0.4 is 5.73 Å². The van der Waals surface area contributed by atoms with Crippen molar-refractivity contribution < 1.29 is 13.2 Å². The van der Waals surface area contributed by atoms with E-state index < -0.39 is 6.30 Å². The van der Waals surface area contributed by atoms with Gasteiger partial charge in [-0.2, -0.15) is 0 Å². The third kappa shape index (κ3) is 1.50. The quantitative estimate of drug-likeness (QED) is 0.577. The van der Waals surface area contributed by atoms with Crippen molar-refractivity contribution in [1.29, 1.82) is 5.41 Å². The van der Waals surface area contributed by atoms with Crippen LogP contribution in [0.5, 0.6) is 0 Å². The van der Waals surface area contributed by atoms with Gasteiger partial charge in [0.15, 0.2) is 0 Å². The summed E-state index contributed by atoms with van der Waals surface area (Å²) in [4.78, 5) is 3.63. The van der Waals surface area contributed by atoms with Gasteiger partial charge < -0.3 is 5.73 Å². The second-order valence-electron chi connectivity index (χ2n) is 3.17. The molecule has 2 rings (SSSR count). The second-order valence-corrected chi connectivity index (χ2v) is 3.17. The molecule has 0 aliphatic carbocycles. The van der Waals surface area contributed by atoms with Crippen LogP contribution in [0, 0.1) is 5.41 Å². The molecular weight excluding hydrogens is 221 g/mol. The van der Waals surface area contributed by atoms with Gasteiger partial charge in [-0.15, -0.1) is 13.2 Å². The van der Waals surface area contributed by atoms with Crippen LogP contribution in [-0.4, -0.2) is 15.4 Å². The van der Waals surface area contributed by atoms with Gasteiger partial charge in [0.1, 0.15) is 12.2 Å². The van der Waals surface area contributed by atoms with Crippen molar-refractivity contribution in [2.75, 3.05) is 0 Å². The van der Waals surface area contributed by atoms with Crippen molar-refractivity contribution in [1.82, 2.24) is 9.55 Å². The zero-order valence-electron chi connectivity index (χ0n) is 7.92. The van der Waals surface area contributed by atoms with E-state index in [0.29, 0.717) is 6.33 Å². The lowest BCUT2D eigenvalue weighted by molar-refractivity contribution is -0.201. The number of fused-ring (bicyclic) bond motifs is 1. The molecule has 3 N–H and O–H groups in total. The van der Waals surface area contributed by atoms with Crippen LogP contribution in [0.25, 0.3) is 11.0 Å². The molecule has 4 nitrogen and oxygen atoms in total. The second kappa shape index (κ2) is 3.22. The number of alkyl halides is 3. The zero-order valence-corrected chi connectivity index (χ0v) is 7.92. The van der Waals surface area contributed by atoms with E-state index in [2.05, 4.69) is 4.98 Å². The van der Waals surface area contributed by atoms with Gasteiger partial charge in [0.2, 0.25) is 0 Å². The average Bonchev–Trinajstić information content (AvgIpc) is 2.59. The average molecular weight is 228 g/mol. The Hall–Kier alpha value is -2.05. The molecule has 0 saturated carbocycles. The SMILES string of the molecule is N=C(N)c1cccc2c1ncn2C(F)(F)F. The number of hydrogen-bond donors (Lipinski definition) is 2. The number of halogens is 3. The number of nitrogens with zero attached hydrogens (tertiary/aromatic N) is 2. The largest absolute Gasteiger partial charge is 0.490 e. The number of aromatic nitrogens is 2. The van der Waals surface area contributed by atoms with E-state index >= 15 is 0 Å². The number of para-hydroxylation sites is 1. The molecule has 1 heterocycles. The first-order chi connectivity index (χ1) is 7.41. The number of hydrogen-bond acceptors (Lipinski definition) is 2. The maximum absolute atomic E-state index is 12.5. The minimum absolute atomic E-state index is 0.0762. The van der Waals surface area contributed by atoms with Gasteiger partial charge in [-0.1, -0.05) is 6.07 Å². The molecule has 0 saturated heterocycles. The van der Waals surface area contributed by atoms with Crippen molar-refractivity contribution in [3.8, 4) is 0 Å². The summed E-state index contributed by atoms with van der Waals surface area (Å²) in [6.07, 6.45) is -3.85. The molecule has 1 aromatic carbocycles. The molecule has 16 heavy (non-hydrogen) atoms. The number of nitrogen functional groups attached to an aromatic ring is 1. The zero-order chi connectivity index (χ0) is 11.9. The summed E-state index contributed by atoms with van der Waals surface area (Å²) in [7, 11) is 0. The first-order valence-corrected chi connectivity index (χ1v) is 4.29. The molecule has 1 aromatic heterocycles. The lowest BCUT2D eigenvalue weighted by Gasteiger charge is -2.08. The first-order valence-electron chi connectivity index (χ1n) is 4.29. The molecule has 84 valence electrons. The summed E-state index contributed by atoms with van der Waals surface area (Å²) >= 11 is 0. The van der Waals surface area contributed by atoms with Gasteiger partial charge >= 0.3 is 6.30 Å². The number of nitrogens with one attached hydrogen (secondary N) is 1. The van der Waals surface area contributed by atoms with Crippen molar-refractivity contribution in [2.24, 2.45) is 5.73 Å². The molecule has 0 atom stereocenters. The van der Waals surface area contributed by atoms with Gasteiger partial charge in [-0.3, -0.25) is 5.41 Å². The fourth-order valence-electron chi connectivity index (χ4n) is 1.46. The lowest BCUT2D eigenvalue weighted by atomic mass is 10.1. The smallest absolute Gasteiger partial charge is 0.384 e. The van der Waals surface area contributed by atoms with Gasteiger partial charge in [-0.25, -0.2) is 9.55 Å². The van der Waals surface area contributed by atoms with Gasteiger partial charge in [-0.05, 0) is 12.1 Å². The number of nitrogens with two attached hydrogens (primary N) is 1. The van der Waals surface area contributed by atoms with E-state index in [0.717, 1.165) is 0 Å². The van der Waals surface area contributed by atoms with E-state index in [4.69, 9.17) is 11.1 Å². The Balaban J connectivity index is 2.76. The molecule has 0 fully saturated rings. The Morgan fingerprint density at radius 1 is 1.38 bits per heavy atom. The third-order valence-corrected chi connectivity index (χ3v) is 2.14. The van der Waals surface area contributed by atoms with E-state index in [1.807, 2.05) is 0 Å². The highest BCUT2D eigenvalue weighted by molar-refractivity contribution is 6.05. The molecule has 0 aliphatic heterocycles. The minimum atomic E-state index is -4.52. The van der Waals surface area contributed by atoms with Crippen molar-refractivity contribution >= 4 is 16.9 Å². The minimum Gasteiger partial charge on any atom is -0.384 e. The van der Waals surface area contributed by atoms with Crippen LogP contribution in [0.15, 0.2) is 24.5 Å². The molecule has 0 spiro atoms. The highest BCUT2D eigenvalue weighted by Gasteiger charge is 2.32. The molecule has 0 bridgehead atoms. The molecule has 0 radical (unpaired) electrons. The summed E-state index contributed by atoms with van der Waals surface area (Å²) in [6, 6.07) is 4.14. The normalized spacial score (nSPS) is 11.9. The van der Waals surface area contributed by atoms with E-state index in [9.17, 15) is 13.2 Å². The molecule has 0 amide bonds. The number of imidazole rings is 1. The Kier molecular flexibility index (Phi) is 2.11. The molecule has 7 heteroatoms. The van der Waals surface area contributed by atoms with Crippen molar-refractivity contribution in [3.05, 3.63) is 30.1 Å². The molecule has 0 unspecified atom stereocenters. The van der Waals surface area contributed by atoms with Crippen LogP contribution in [-0.2, 0) is 6.30 Å². The van der Waals surface area contributed by atoms with E-state index in [1.54, 1.807) is 0 Å². The maximum atomic E-state index is 12.5. The highest BCUT2D eigenvalue weighted by atomic mass is 19.4. The summed E-state index contributed by atoms with van der Waals surface area (Å²) in [5.74, 6) is -0.307. The summed E-state index contributed by atoms with van der Waals surface area (Å²) in [6.45, 7) is 0. The fourth-order valence-corrected chi connectivity index (χ4v) is 1.46. The Labute approximate surface area is 88.0 Å². The lowest BCUT2D eigenvalue weighted by Crippen LogP contribution is -2.15. The fraction of sp³-hybridized carbons (Fsp3) is 0.111. The number of benzene rings is 1. The predicted molar refractivity (Wildman–Crippen MR) is 52.0 cm³/mol. The monoisotopic (exact) mass is 228 g/mol. The number of rotatable bonds is 1. The van der Waals surface area contributed by atoms with E-state index in [1.165, 1.54) is 18.2 Å². The third-order valence-electron chi connectivity index (χ3n) is 2.14. The standard InChI is InChI=1S/C9H7F3N4/c10-9(11,12)16-4-15-7-5(8(13)14)2-1-3-6(7)16/h1-4H,(H3,13,14). The first kappa shape index (κ1) is 10.5. The van der Waals surface area contributed by atoms with Crippen molar-refractivity contribution in [2.45, 2.75) is 6.30 Å². The van der Waals surface area contributed by atoms with Gasteiger partial charge in [0, 0.05) is 5.56 Å². The van der Waals surface area contributed by atoms with Crippen LogP contribution >= 0.6 is 0 Å². The van der Waals surface area contributed by atoms with Crippen LogP contribution in [0.4, 0.5) is 13.2 Å². The van der Waals surface area contributed by atoms with Crippen molar-refractivity contribution in [3.63, 3.8) is 0 Å². The Morgan fingerprint density at radius 3 is 2.62 bits per heavy atom.